The number of para-hydroxylation sites is 1. The maximum absolute atomic E-state index is 12.3. The number of thiocarbonyl (C=S) groups is 1. The molecule has 2 rings (SSSR count). The van der Waals surface area contributed by atoms with Gasteiger partial charge in [-0.3, -0.25) is 20.2 Å². The normalized spacial score (nSPS) is 10.0. The molecule has 0 fully saturated rings. The summed E-state index contributed by atoms with van der Waals surface area (Å²) in [5.41, 5.74) is 1.15. The predicted octanol–water partition coefficient (Wildman–Crippen LogP) is 3.69. The number of methoxy groups -OCH3 is 1. The van der Waals surface area contributed by atoms with Crippen LogP contribution in [0.1, 0.15) is 15.9 Å². The summed E-state index contributed by atoms with van der Waals surface area (Å²) in [5, 5.41) is 16.2. The molecule has 25 heavy (non-hydrogen) atoms. The fourth-order valence-electron chi connectivity index (χ4n) is 2.10. The summed E-state index contributed by atoms with van der Waals surface area (Å²) < 4.78 is 5.13. The van der Waals surface area contributed by atoms with Crippen molar-refractivity contribution in [2.45, 2.75) is 6.92 Å². The summed E-state index contributed by atoms with van der Waals surface area (Å²) in [5.74, 6) is -0.0297. The van der Waals surface area contributed by atoms with Crippen molar-refractivity contribution in [2.75, 3.05) is 12.4 Å². The first-order valence-corrected chi connectivity index (χ1v) is 7.82. The van der Waals surface area contributed by atoms with Crippen molar-refractivity contribution in [3.63, 3.8) is 0 Å². The average molecular weight is 380 g/mol. The Labute approximate surface area is 154 Å². The molecule has 2 aromatic carbocycles. The molecule has 0 unspecified atom stereocenters. The van der Waals surface area contributed by atoms with Crippen molar-refractivity contribution in [2.24, 2.45) is 0 Å². The Morgan fingerprint density at radius 1 is 1.32 bits per heavy atom. The van der Waals surface area contributed by atoms with Crippen LogP contribution in [0.2, 0.25) is 5.02 Å². The van der Waals surface area contributed by atoms with Crippen molar-refractivity contribution in [3.05, 3.63) is 62.7 Å². The van der Waals surface area contributed by atoms with Gasteiger partial charge in [0.25, 0.3) is 11.6 Å². The molecular formula is C16H14ClN3O4S. The molecule has 0 aliphatic rings. The van der Waals surface area contributed by atoms with E-state index >= 15 is 0 Å². The number of anilines is 1. The van der Waals surface area contributed by atoms with Gasteiger partial charge in [0.2, 0.25) is 0 Å². The van der Waals surface area contributed by atoms with E-state index in [-0.39, 0.29) is 15.8 Å². The van der Waals surface area contributed by atoms with Crippen molar-refractivity contribution >= 4 is 46.2 Å². The number of hydrogen-bond acceptors (Lipinski definition) is 5. The van der Waals surface area contributed by atoms with Crippen LogP contribution in [0.3, 0.4) is 0 Å². The summed E-state index contributed by atoms with van der Waals surface area (Å²) >= 11 is 11.0. The lowest BCUT2D eigenvalue weighted by atomic mass is 10.1. The number of nitro groups is 1. The molecule has 0 radical (unpaired) electrons. The number of nitrogens with one attached hydrogen (secondary N) is 2. The molecule has 0 atom stereocenters. The Hall–Kier alpha value is -2.71. The summed E-state index contributed by atoms with van der Waals surface area (Å²) in [4.78, 5) is 22.6. The van der Waals surface area contributed by atoms with Crippen LogP contribution in [0.5, 0.6) is 5.75 Å². The van der Waals surface area contributed by atoms with Crippen molar-refractivity contribution in [1.82, 2.24) is 5.32 Å². The number of nitro benzene ring substituents is 1. The van der Waals surface area contributed by atoms with Crippen molar-refractivity contribution < 1.29 is 14.5 Å². The van der Waals surface area contributed by atoms with Crippen molar-refractivity contribution in [1.29, 1.82) is 0 Å². The lowest BCUT2D eigenvalue weighted by Gasteiger charge is -2.13. The number of aryl methyl sites for hydroxylation is 1. The van der Waals surface area contributed by atoms with E-state index in [1.807, 2.05) is 0 Å². The number of carbonyl (C=O) groups excluding carboxylic acids is 1. The summed E-state index contributed by atoms with van der Waals surface area (Å²) in [7, 11) is 1.46. The largest absolute Gasteiger partial charge is 0.496 e. The summed E-state index contributed by atoms with van der Waals surface area (Å²) in [6, 6.07) is 9.42. The van der Waals surface area contributed by atoms with Gasteiger partial charge >= 0.3 is 0 Å². The highest BCUT2D eigenvalue weighted by Gasteiger charge is 2.17. The van der Waals surface area contributed by atoms with E-state index in [0.29, 0.717) is 22.6 Å². The molecule has 0 spiro atoms. The molecule has 0 aliphatic heterocycles. The van der Waals surface area contributed by atoms with Gasteiger partial charge in [-0.05, 0) is 42.9 Å². The van der Waals surface area contributed by atoms with Crippen LogP contribution < -0.4 is 15.4 Å². The van der Waals surface area contributed by atoms with Gasteiger partial charge in [-0.15, -0.1) is 0 Å². The molecule has 0 heterocycles. The predicted molar refractivity (Wildman–Crippen MR) is 99.5 cm³/mol. The first-order chi connectivity index (χ1) is 11.8. The lowest BCUT2D eigenvalue weighted by Crippen LogP contribution is -2.34. The van der Waals surface area contributed by atoms with Crippen LogP contribution in [0.4, 0.5) is 11.4 Å². The maximum atomic E-state index is 12.3. The fourth-order valence-corrected chi connectivity index (χ4v) is 2.53. The number of rotatable bonds is 4. The third-order valence-electron chi connectivity index (χ3n) is 3.32. The number of carbonyl (C=O) groups is 1. The highest BCUT2D eigenvalue weighted by Crippen LogP contribution is 2.30. The average Bonchev–Trinajstić information content (AvgIpc) is 2.57. The number of nitrogens with zero attached hydrogens (tertiary/aromatic N) is 1. The monoisotopic (exact) mass is 379 g/mol. The van der Waals surface area contributed by atoms with E-state index in [2.05, 4.69) is 10.6 Å². The SMILES string of the molecule is COc1ccccc1C(=O)NC(=S)Nc1cc(Cl)c([N+](=O)[O-])cc1C. The van der Waals surface area contributed by atoms with E-state index in [1.54, 1.807) is 31.2 Å². The second kappa shape index (κ2) is 7.91. The van der Waals surface area contributed by atoms with Gasteiger partial charge < -0.3 is 10.1 Å². The molecule has 0 aromatic heterocycles. The smallest absolute Gasteiger partial charge is 0.288 e. The van der Waals surface area contributed by atoms with Gasteiger partial charge in [0.15, 0.2) is 5.11 Å². The fraction of sp³-hybridized carbons (Fsp3) is 0.125. The second-order valence-electron chi connectivity index (χ2n) is 4.98. The third-order valence-corrected chi connectivity index (χ3v) is 3.82. The van der Waals surface area contributed by atoms with Gasteiger partial charge in [-0.1, -0.05) is 23.7 Å². The molecule has 2 aromatic rings. The molecule has 0 saturated heterocycles. The molecule has 2 N–H and O–H groups in total. The maximum Gasteiger partial charge on any atom is 0.288 e. The minimum Gasteiger partial charge on any atom is -0.496 e. The van der Waals surface area contributed by atoms with Crippen LogP contribution in [0, 0.1) is 17.0 Å². The van der Waals surface area contributed by atoms with E-state index in [1.165, 1.54) is 19.2 Å². The van der Waals surface area contributed by atoms with E-state index in [9.17, 15) is 14.9 Å². The second-order valence-corrected chi connectivity index (χ2v) is 5.80. The molecule has 130 valence electrons. The van der Waals surface area contributed by atoms with Crippen LogP contribution >= 0.6 is 23.8 Å². The van der Waals surface area contributed by atoms with Gasteiger partial charge in [-0.2, -0.15) is 0 Å². The first-order valence-electron chi connectivity index (χ1n) is 7.03. The molecule has 0 saturated carbocycles. The zero-order valence-electron chi connectivity index (χ0n) is 13.3. The number of amides is 1. The first kappa shape index (κ1) is 18.6. The third kappa shape index (κ3) is 4.43. The van der Waals surface area contributed by atoms with E-state index in [4.69, 9.17) is 28.6 Å². The van der Waals surface area contributed by atoms with Crippen LogP contribution in [-0.2, 0) is 0 Å². The minimum absolute atomic E-state index is 0.0306. The molecular weight excluding hydrogens is 366 g/mol. The number of halogens is 1. The number of benzene rings is 2. The lowest BCUT2D eigenvalue weighted by molar-refractivity contribution is -0.384. The van der Waals surface area contributed by atoms with Crippen LogP contribution in [0.25, 0.3) is 0 Å². The van der Waals surface area contributed by atoms with E-state index < -0.39 is 10.8 Å². The van der Waals surface area contributed by atoms with Gasteiger partial charge in [0.05, 0.1) is 17.6 Å². The Bertz CT molecular complexity index is 857. The Kier molecular flexibility index (Phi) is 5.89. The zero-order valence-corrected chi connectivity index (χ0v) is 14.9. The summed E-state index contributed by atoms with van der Waals surface area (Å²) in [6.07, 6.45) is 0. The molecule has 7 nitrogen and oxygen atoms in total. The Balaban J connectivity index is 2.14. The quantitative estimate of drug-likeness (QED) is 0.478. The number of hydrogen-bond donors (Lipinski definition) is 2. The van der Waals surface area contributed by atoms with Crippen LogP contribution in [0.15, 0.2) is 36.4 Å². The molecule has 1 amide bonds. The van der Waals surface area contributed by atoms with Crippen molar-refractivity contribution in [3.8, 4) is 5.75 Å². The highest BCUT2D eigenvalue weighted by atomic mass is 35.5. The van der Waals surface area contributed by atoms with E-state index in [0.717, 1.165) is 0 Å². The highest BCUT2D eigenvalue weighted by molar-refractivity contribution is 7.80. The Morgan fingerprint density at radius 2 is 2.00 bits per heavy atom. The molecule has 0 aliphatic carbocycles. The molecule has 9 heteroatoms. The minimum atomic E-state index is -0.569. The summed E-state index contributed by atoms with van der Waals surface area (Å²) in [6.45, 7) is 1.66. The number of ether oxygens (including phenoxy) is 1. The standard InChI is InChI=1S/C16H14ClN3O4S/c1-9-7-13(20(22)23)11(17)8-12(9)18-16(25)19-15(21)10-5-3-4-6-14(10)24-2/h3-8H,1-2H3,(H2,18,19,21,25). The Morgan fingerprint density at radius 3 is 2.64 bits per heavy atom. The van der Waals surface area contributed by atoms with Gasteiger partial charge in [-0.25, -0.2) is 0 Å². The van der Waals surface area contributed by atoms with Gasteiger partial charge in [0, 0.05) is 11.8 Å². The topological polar surface area (TPSA) is 93.5 Å². The van der Waals surface area contributed by atoms with Gasteiger partial charge in [0.1, 0.15) is 10.8 Å². The zero-order chi connectivity index (χ0) is 18.6. The molecule has 0 bridgehead atoms. The van der Waals surface area contributed by atoms with Crippen LogP contribution in [-0.4, -0.2) is 23.1 Å².